The Morgan fingerprint density at radius 2 is 1.61 bits per heavy atom. The SMILES string of the molecule is CCCCCCCCCCCc1cc(CO)n[nH]1. The molecule has 0 aromatic carbocycles. The highest BCUT2D eigenvalue weighted by atomic mass is 16.3. The first-order chi connectivity index (χ1) is 8.86. The largest absolute Gasteiger partial charge is 0.390 e. The Kier molecular flexibility index (Phi) is 8.57. The average Bonchev–Trinajstić information content (AvgIpc) is 2.85. The van der Waals surface area contributed by atoms with Gasteiger partial charge in [-0.2, -0.15) is 5.10 Å². The third kappa shape index (κ3) is 6.80. The lowest BCUT2D eigenvalue weighted by molar-refractivity contribution is 0.276. The van der Waals surface area contributed by atoms with Crippen LogP contribution in [0.1, 0.15) is 76.1 Å². The van der Waals surface area contributed by atoms with E-state index in [4.69, 9.17) is 5.11 Å². The normalized spacial score (nSPS) is 11.0. The van der Waals surface area contributed by atoms with Crippen LogP contribution in [0.4, 0.5) is 0 Å². The van der Waals surface area contributed by atoms with Gasteiger partial charge in [0.2, 0.25) is 0 Å². The van der Waals surface area contributed by atoms with Crippen molar-refractivity contribution in [3.05, 3.63) is 17.5 Å². The second kappa shape index (κ2) is 10.1. The number of nitrogens with zero attached hydrogens (tertiary/aromatic N) is 1. The number of aromatic amines is 1. The number of unbranched alkanes of at least 4 members (excludes halogenated alkanes) is 8. The summed E-state index contributed by atoms with van der Waals surface area (Å²) in [5, 5.41) is 15.9. The van der Waals surface area contributed by atoms with E-state index in [1.54, 1.807) is 0 Å². The highest BCUT2D eigenvalue weighted by Gasteiger charge is 1.99. The van der Waals surface area contributed by atoms with E-state index >= 15 is 0 Å². The molecule has 0 aliphatic carbocycles. The highest BCUT2D eigenvalue weighted by molar-refractivity contribution is 5.07. The van der Waals surface area contributed by atoms with E-state index in [-0.39, 0.29) is 6.61 Å². The molecule has 3 heteroatoms. The van der Waals surface area contributed by atoms with Crippen molar-refractivity contribution >= 4 is 0 Å². The maximum absolute atomic E-state index is 8.90. The van der Waals surface area contributed by atoms with E-state index in [0.29, 0.717) is 0 Å². The monoisotopic (exact) mass is 252 g/mol. The molecule has 1 heterocycles. The topological polar surface area (TPSA) is 48.9 Å². The van der Waals surface area contributed by atoms with Crippen LogP contribution in [-0.4, -0.2) is 15.3 Å². The van der Waals surface area contributed by atoms with Gasteiger partial charge in [0.05, 0.1) is 12.3 Å². The van der Waals surface area contributed by atoms with E-state index in [9.17, 15) is 0 Å². The van der Waals surface area contributed by atoms with E-state index in [2.05, 4.69) is 17.1 Å². The first kappa shape index (κ1) is 15.2. The standard InChI is InChI=1S/C15H28N2O/c1-2-3-4-5-6-7-8-9-10-11-14-12-15(13-18)17-16-14/h12,18H,2-11,13H2,1H3,(H,16,17). The molecule has 0 spiro atoms. The summed E-state index contributed by atoms with van der Waals surface area (Å²) in [6, 6.07) is 1.96. The summed E-state index contributed by atoms with van der Waals surface area (Å²) in [4.78, 5) is 0. The zero-order valence-corrected chi connectivity index (χ0v) is 11.7. The summed E-state index contributed by atoms with van der Waals surface area (Å²) in [5.74, 6) is 0. The molecule has 0 atom stereocenters. The molecule has 104 valence electrons. The van der Waals surface area contributed by atoms with Gasteiger partial charge >= 0.3 is 0 Å². The van der Waals surface area contributed by atoms with Gasteiger partial charge in [0.1, 0.15) is 0 Å². The predicted octanol–water partition coefficient (Wildman–Crippen LogP) is 3.98. The van der Waals surface area contributed by atoms with Gasteiger partial charge in [-0.05, 0) is 18.9 Å². The van der Waals surface area contributed by atoms with Gasteiger partial charge < -0.3 is 5.11 Å². The van der Waals surface area contributed by atoms with Crippen LogP contribution in [-0.2, 0) is 13.0 Å². The molecule has 18 heavy (non-hydrogen) atoms. The summed E-state index contributed by atoms with van der Waals surface area (Å²) in [7, 11) is 0. The third-order valence-corrected chi connectivity index (χ3v) is 3.40. The van der Waals surface area contributed by atoms with E-state index in [1.165, 1.54) is 57.8 Å². The molecule has 1 aromatic rings. The molecule has 0 bridgehead atoms. The molecule has 0 fully saturated rings. The van der Waals surface area contributed by atoms with Crippen molar-refractivity contribution < 1.29 is 5.11 Å². The smallest absolute Gasteiger partial charge is 0.0879 e. The number of aryl methyl sites for hydroxylation is 1. The van der Waals surface area contributed by atoms with Crippen molar-refractivity contribution in [2.24, 2.45) is 0 Å². The van der Waals surface area contributed by atoms with Gasteiger partial charge in [0, 0.05) is 5.69 Å². The number of H-pyrrole nitrogens is 1. The lowest BCUT2D eigenvalue weighted by atomic mass is 10.1. The van der Waals surface area contributed by atoms with Crippen molar-refractivity contribution in [2.45, 2.75) is 77.7 Å². The summed E-state index contributed by atoms with van der Waals surface area (Å²) in [6.45, 7) is 2.30. The Hall–Kier alpha value is -0.830. The van der Waals surface area contributed by atoms with Crippen LogP contribution in [0.25, 0.3) is 0 Å². The molecule has 2 N–H and O–H groups in total. The van der Waals surface area contributed by atoms with Crippen molar-refractivity contribution in [3.8, 4) is 0 Å². The van der Waals surface area contributed by atoms with Crippen molar-refractivity contribution in [2.75, 3.05) is 0 Å². The van der Waals surface area contributed by atoms with E-state index in [1.807, 2.05) is 6.07 Å². The van der Waals surface area contributed by atoms with Gasteiger partial charge in [-0.25, -0.2) is 0 Å². The number of aliphatic hydroxyl groups excluding tert-OH is 1. The van der Waals surface area contributed by atoms with Gasteiger partial charge in [0.25, 0.3) is 0 Å². The Bertz CT molecular complexity index is 296. The fourth-order valence-electron chi connectivity index (χ4n) is 2.24. The molecular weight excluding hydrogens is 224 g/mol. The van der Waals surface area contributed by atoms with Crippen LogP contribution in [0, 0.1) is 0 Å². The number of aromatic nitrogens is 2. The Morgan fingerprint density at radius 3 is 2.17 bits per heavy atom. The molecule has 0 aliphatic rings. The average molecular weight is 252 g/mol. The summed E-state index contributed by atoms with van der Waals surface area (Å²) in [5.41, 5.74) is 1.91. The van der Waals surface area contributed by atoms with E-state index in [0.717, 1.165) is 17.8 Å². The second-order valence-corrected chi connectivity index (χ2v) is 5.12. The number of rotatable bonds is 11. The van der Waals surface area contributed by atoms with Crippen LogP contribution in [0.5, 0.6) is 0 Å². The molecule has 0 amide bonds. The van der Waals surface area contributed by atoms with Crippen molar-refractivity contribution in [1.82, 2.24) is 10.2 Å². The summed E-state index contributed by atoms with van der Waals surface area (Å²) in [6.07, 6.45) is 13.3. The quantitative estimate of drug-likeness (QED) is 0.585. The van der Waals surface area contributed by atoms with Gasteiger partial charge in [-0.15, -0.1) is 0 Å². The fourth-order valence-corrected chi connectivity index (χ4v) is 2.24. The lowest BCUT2D eigenvalue weighted by Crippen LogP contribution is -1.86. The molecule has 0 unspecified atom stereocenters. The zero-order valence-electron chi connectivity index (χ0n) is 11.7. The van der Waals surface area contributed by atoms with Crippen molar-refractivity contribution in [1.29, 1.82) is 0 Å². The molecule has 3 nitrogen and oxygen atoms in total. The van der Waals surface area contributed by atoms with Crippen LogP contribution >= 0.6 is 0 Å². The zero-order chi connectivity index (χ0) is 13.1. The molecule has 0 aliphatic heterocycles. The van der Waals surface area contributed by atoms with Crippen LogP contribution in [0.15, 0.2) is 6.07 Å². The minimum absolute atomic E-state index is 0.0360. The fraction of sp³-hybridized carbons (Fsp3) is 0.800. The second-order valence-electron chi connectivity index (χ2n) is 5.12. The maximum Gasteiger partial charge on any atom is 0.0879 e. The first-order valence-corrected chi connectivity index (χ1v) is 7.51. The number of hydrogen-bond acceptors (Lipinski definition) is 2. The maximum atomic E-state index is 8.90. The van der Waals surface area contributed by atoms with Crippen LogP contribution < -0.4 is 0 Å². The first-order valence-electron chi connectivity index (χ1n) is 7.51. The van der Waals surface area contributed by atoms with Crippen molar-refractivity contribution in [3.63, 3.8) is 0 Å². The summed E-state index contributed by atoms with van der Waals surface area (Å²) >= 11 is 0. The number of nitrogens with one attached hydrogen (secondary N) is 1. The molecule has 0 saturated carbocycles. The summed E-state index contributed by atoms with van der Waals surface area (Å²) < 4.78 is 0. The molecule has 1 aromatic heterocycles. The van der Waals surface area contributed by atoms with Crippen LogP contribution in [0.2, 0.25) is 0 Å². The molecular formula is C15H28N2O. The molecule has 1 rings (SSSR count). The molecule has 0 radical (unpaired) electrons. The lowest BCUT2D eigenvalue weighted by Gasteiger charge is -2.01. The van der Waals surface area contributed by atoms with E-state index < -0.39 is 0 Å². The number of hydrogen-bond donors (Lipinski definition) is 2. The minimum atomic E-state index is 0.0360. The highest BCUT2D eigenvalue weighted by Crippen LogP contribution is 2.11. The Morgan fingerprint density at radius 1 is 1.00 bits per heavy atom. The van der Waals surface area contributed by atoms with Gasteiger partial charge in [-0.1, -0.05) is 58.3 Å². The number of aliphatic hydroxyl groups is 1. The minimum Gasteiger partial charge on any atom is -0.390 e. The predicted molar refractivity (Wildman–Crippen MR) is 75.4 cm³/mol. The van der Waals surface area contributed by atoms with Gasteiger partial charge in [0.15, 0.2) is 0 Å². The third-order valence-electron chi connectivity index (χ3n) is 3.40. The Labute approximate surface area is 111 Å². The Balaban J connectivity index is 1.89. The van der Waals surface area contributed by atoms with Gasteiger partial charge in [-0.3, -0.25) is 5.10 Å². The van der Waals surface area contributed by atoms with Crippen LogP contribution in [0.3, 0.4) is 0 Å². The molecule has 0 saturated heterocycles.